The first kappa shape index (κ1) is 13.3. The summed E-state index contributed by atoms with van der Waals surface area (Å²) in [5, 5.41) is 7.65. The Balaban J connectivity index is 1.61. The van der Waals surface area contributed by atoms with E-state index in [1.165, 1.54) is 11.1 Å². The molecule has 4 nitrogen and oxygen atoms in total. The van der Waals surface area contributed by atoms with Crippen molar-refractivity contribution in [1.82, 2.24) is 15.5 Å². The number of hydrogen-bond acceptors (Lipinski definition) is 5. The molecule has 1 aliphatic carbocycles. The zero-order valence-corrected chi connectivity index (χ0v) is 12.9. The summed E-state index contributed by atoms with van der Waals surface area (Å²) in [5.74, 6) is 4.50. The third-order valence-electron chi connectivity index (χ3n) is 4.67. The van der Waals surface area contributed by atoms with Gasteiger partial charge in [0, 0.05) is 23.5 Å². The lowest BCUT2D eigenvalue weighted by molar-refractivity contribution is 0.339. The molecule has 1 saturated heterocycles. The number of hydrogen-bond donors (Lipinski definition) is 1. The van der Waals surface area contributed by atoms with Crippen LogP contribution in [-0.4, -0.2) is 34.7 Å². The molecule has 0 radical (unpaired) electrons. The van der Waals surface area contributed by atoms with Crippen LogP contribution in [0.2, 0.25) is 0 Å². The summed E-state index contributed by atoms with van der Waals surface area (Å²) in [4.78, 5) is 4.74. The molecule has 3 unspecified atom stereocenters. The molecule has 2 aliphatic rings. The van der Waals surface area contributed by atoms with Gasteiger partial charge in [-0.15, -0.1) is 0 Å². The van der Waals surface area contributed by atoms with E-state index in [4.69, 9.17) is 9.51 Å². The lowest BCUT2D eigenvalue weighted by Gasteiger charge is -2.13. The first-order valence-electron chi connectivity index (χ1n) is 7.53. The molecular formula is C16H19N3OS. The topological polar surface area (TPSA) is 51.0 Å². The predicted octanol–water partition coefficient (Wildman–Crippen LogP) is 2.57. The Labute approximate surface area is 128 Å². The monoisotopic (exact) mass is 301 g/mol. The Morgan fingerprint density at radius 3 is 3.10 bits per heavy atom. The summed E-state index contributed by atoms with van der Waals surface area (Å²) in [5.41, 5.74) is 2.80. The van der Waals surface area contributed by atoms with Crippen molar-refractivity contribution in [2.24, 2.45) is 0 Å². The third kappa shape index (κ3) is 2.28. The lowest BCUT2D eigenvalue weighted by Crippen LogP contribution is -2.31. The fourth-order valence-corrected chi connectivity index (χ4v) is 4.86. The van der Waals surface area contributed by atoms with Crippen molar-refractivity contribution in [2.45, 2.75) is 30.7 Å². The van der Waals surface area contributed by atoms with Crippen LogP contribution in [-0.2, 0) is 6.42 Å². The minimum atomic E-state index is 0.306. The second-order valence-corrected chi connectivity index (χ2v) is 6.89. The maximum atomic E-state index is 5.59. The molecule has 0 spiro atoms. The van der Waals surface area contributed by atoms with Crippen molar-refractivity contribution in [3.63, 3.8) is 0 Å². The van der Waals surface area contributed by atoms with Crippen LogP contribution in [0.3, 0.4) is 0 Å². The molecule has 110 valence electrons. The summed E-state index contributed by atoms with van der Waals surface area (Å²) in [7, 11) is 2.01. The molecule has 0 saturated carbocycles. The number of benzene rings is 1. The summed E-state index contributed by atoms with van der Waals surface area (Å²) in [6, 6.07) is 9.06. The maximum absolute atomic E-state index is 5.59. The maximum Gasteiger partial charge on any atom is 0.232 e. The van der Waals surface area contributed by atoms with Gasteiger partial charge in [-0.1, -0.05) is 29.4 Å². The smallest absolute Gasteiger partial charge is 0.232 e. The number of fused-ring (bicyclic) bond motifs is 1. The first-order chi connectivity index (χ1) is 10.4. The highest BCUT2D eigenvalue weighted by atomic mass is 32.2. The van der Waals surface area contributed by atoms with Crippen LogP contribution in [0.4, 0.5) is 0 Å². The molecule has 1 N–H and O–H groups in total. The molecule has 1 aliphatic heterocycles. The van der Waals surface area contributed by atoms with E-state index in [2.05, 4.69) is 34.7 Å². The van der Waals surface area contributed by atoms with Crippen LogP contribution < -0.4 is 5.32 Å². The van der Waals surface area contributed by atoms with E-state index < -0.39 is 0 Å². The number of aryl methyl sites for hydroxylation is 1. The summed E-state index contributed by atoms with van der Waals surface area (Å²) < 4.78 is 5.59. The van der Waals surface area contributed by atoms with Gasteiger partial charge in [0.25, 0.3) is 0 Å². The number of aromatic nitrogens is 2. The second kappa shape index (κ2) is 5.46. The lowest BCUT2D eigenvalue weighted by atomic mass is 10.0. The van der Waals surface area contributed by atoms with Gasteiger partial charge in [-0.2, -0.15) is 16.7 Å². The molecule has 0 bridgehead atoms. The van der Waals surface area contributed by atoms with E-state index in [1.54, 1.807) is 0 Å². The van der Waals surface area contributed by atoms with Crippen LogP contribution in [0.25, 0.3) is 0 Å². The molecule has 4 rings (SSSR count). The number of nitrogens with one attached hydrogen (secondary N) is 1. The van der Waals surface area contributed by atoms with Crippen LogP contribution in [0.1, 0.15) is 41.1 Å². The average molecular weight is 301 g/mol. The number of nitrogens with zero attached hydrogens (tertiary/aromatic N) is 2. The van der Waals surface area contributed by atoms with Crippen LogP contribution in [0, 0.1) is 0 Å². The van der Waals surface area contributed by atoms with E-state index in [0.29, 0.717) is 17.9 Å². The van der Waals surface area contributed by atoms with Crippen molar-refractivity contribution < 1.29 is 4.52 Å². The molecule has 21 heavy (non-hydrogen) atoms. The second-order valence-electron chi connectivity index (χ2n) is 5.82. The minimum Gasteiger partial charge on any atom is -0.339 e. The van der Waals surface area contributed by atoms with Crippen LogP contribution in [0.15, 0.2) is 28.8 Å². The van der Waals surface area contributed by atoms with Gasteiger partial charge >= 0.3 is 0 Å². The Morgan fingerprint density at radius 1 is 1.29 bits per heavy atom. The summed E-state index contributed by atoms with van der Waals surface area (Å²) in [6.45, 7) is 0. The number of thioether (sulfide) groups is 1. The van der Waals surface area contributed by atoms with Gasteiger partial charge in [-0.25, -0.2) is 0 Å². The van der Waals surface area contributed by atoms with E-state index >= 15 is 0 Å². The van der Waals surface area contributed by atoms with Crippen molar-refractivity contribution in [2.75, 3.05) is 18.6 Å². The Morgan fingerprint density at radius 2 is 2.19 bits per heavy atom. The number of rotatable bonds is 3. The fourth-order valence-electron chi connectivity index (χ4n) is 3.45. The van der Waals surface area contributed by atoms with Gasteiger partial charge in [-0.05, 0) is 31.0 Å². The largest absolute Gasteiger partial charge is 0.339 e. The SMILES string of the molecule is CNC1CSCC1c1nc(C2CCc3ccccc32)no1. The molecule has 0 amide bonds. The molecular weight excluding hydrogens is 282 g/mol. The quantitative estimate of drug-likeness (QED) is 0.944. The Bertz CT molecular complexity index is 642. The summed E-state index contributed by atoms with van der Waals surface area (Å²) in [6.07, 6.45) is 2.20. The van der Waals surface area contributed by atoms with Crippen molar-refractivity contribution in [3.8, 4) is 0 Å². The molecule has 2 heterocycles. The van der Waals surface area contributed by atoms with Gasteiger partial charge in [0.05, 0.1) is 5.92 Å². The molecule has 1 aromatic heterocycles. The number of likely N-dealkylation sites (N-methyl/N-ethyl adjacent to an activating group) is 1. The van der Waals surface area contributed by atoms with Gasteiger partial charge in [0.2, 0.25) is 5.89 Å². The zero-order valence-electron chi connectivity index (χ0n) is 12.1. The molecule has 1 aromatic carbocycles. The van der Waals surface area contributed by atoms with Crippen LogP contribution in [0.5, 0.6) is 0 Å². The van der Waals surface area contributed by atoms with Gasteiger partial charge in [-0.3, -0.25) is 0 Å². The predicted molar refractivity (Wildman–Crippen MR) is 83.8 cm³/mol. The molecule has 5 heteroatoms. The van der Waals surface area contributed by atoms with E-state index in [-0.39, 0.29) is 0 Å². The van der Waals surface area contributed by atoms with Gasteiger partial charge < -0.3 is 9.84 Å². The van der Waals surface area contributed by atoms with Crippen molar-refractivity contribution in [1.29, 1.82) is 0 Å². The van der Waals surface area contributed by atoms with Gasteiger partial charge in [0.1, 0.15) is 0 Å². The first-order valence-corrected chi connectivity index (χ1v) is 8.68. The van der Waals surface area contributed by atoms with E-state index in [0.717, 1.165) is 36.1 Å². The van der Waals surface area contributed by atoms with E-state index in [9.17, 15) is 0 Å². The molecule has 1 fully saturated rings. The zero-order chi connectivity index (χ0) is 14.2. The normalized spacial score (nSPS) is 28.0. The van der Waals surface area contributed by atoms with Crippen LogP contribution >= 0.6 is 11.8 Å². The Kier molecular flexibility index (Phi) is 3.47. The third-order valence-corrected chi connectivity index (χ3v) is 5.86. The van der Waals surface area contributed by atoms with Crippen molar-refractivity contribution in [3.05, 3.63) is 47.1 Å². The minimum absolute atomic E-state index is 0.306. The molecule has 3 atom stereocenters. The van der Waals surface area contributed by atoms with Crippen molar-refractivity contribution >= 4 is 11.8 Å². The highest BCUT2D eigenvalue weighted by Gasteiger charge is 2.34. The average Bonchev–Trinajstić information content (AvgIpc) is 3.24. The summed E-state index contributed by atoms with van der Waals surface area (Å²) >= 11 is 1.95. The highest BCUT2D eigenvalue weighted by molar-refractivity contribution is 7.99. The standard InChI is InChI=1S/C16H19N3OS/c1-17-14-9-21-8-13(14)16-18-15(19-20-16)12-7-6-10-4-2-3-5-11(10)12/h2-5,12-14,17H,6-9H2,1H3. The highest BCUT2D eigenvalue weighted by Crippen LogP contribution is 2.38. The Hall–Kier alpha value is -1.33. The van der Waals surface area contributed by atoms with Gasteiger partial charge in [0.15, 0.2) is 5.82 Å². The van der Waals surface area contributed by atoms with E-state index in [1.807, 2.05) is 18.8 Å². The fraction of sp³-hybridized carbons (Fsp3) is 0.500. The molecule has 2 aromatic rings.